The maximum Gasteiger partial charge on any atom is 0.144 e. The van der Waals surface area contributed by atoms with Crippen LogP contribution in [0, 0.1) is 46.6 Å². The van der Waals surface area contributed by atoms with Gasteiger partial charge in [-0.05, 0) is 73.5 Å². The van der Waals surface area contributed by atoms with E-state index in [4.69, 9.17) is 5.26 Å². The van der Waals surface area contributed by atoms with Crippen LogP contribution in [-0.2, 0) is 6.42 Å². The molecule has 29 heavy (non-hydrogen) atoms. The summed E-state index contributed by atoms with van der Waals surface area (Å²) in [5.74, 6) is 1.91. The van der Waals surface area contributed by atoms with E-state index in [9.17, 15) is 8.78 Å². The Morgan fingerprint density at radius 1 is 0.828 bits per heavy atom. The van der Waals surface area contributed by atoms with E-state index in [0.717, 1.165) is 24.2 Å². The largest absolute Gasteiger partial charge is 0.205 e. The molecular weight excluding hydrogens is 364 g/mol. The Balaban J connectivity index is 1.34. The summed E-state index contributed by atoms with van der Waals surface area (Å²) in [6.07, 6.45) is 18.5. The van der Waals surface area contributed by atoms with Crippen molar-refractivity contribution in [1.29, 1.82) is 5.26 Å². The van der Waals surface area contributed by atoms with Crippen LogP contribution < -0.4 is 0 Å². The van der Waals surface area contributed by atoms with Gasteiger partial charge in [-0.1, -0.05) is 57.4 Å². The Labute approximate surface area is 175 Å². The molecule has 2 saturated carbocycles. The molecule has 0 aliphatic heterocycles. The quantitative estimate of drug-likeness (QED) is 0.410. The lowest BCUT2D eigenvalue weighted by atomic mass is 9.74. The minimum absolute atomic E-state index is 0.469. The number of aryl methyl sites for hydroxylation is 1. The first-order chi connectivity index (χ1) is 14.1. The van der Waals surface area contributed by atoms with Gasteiger partial charge in [-0.15, -0.1) is 6.58 Å². The molecule has 2 aliphatic rings. The lowest BCUT2D eigenvalue weighted by molar-refractivity contribution is 0.214. The molecule has 0 bridgehead atoms. The molecule has 0 amide bonds. The van der Waals surface area contributed by atoms with Crippen LogP contribution in [0.25, 0.3) is 0 Å². The van der Waals surface area contributed by atoms with Gasteiger partial charge in [0.25, 0.3) is 0 Å². The topological polar surface area (TPSA) is 23.8 Å². The van der Waals surface area contributed by atoms with Crippen LogP contribution in [0.15, 0.2) is 24.8 Å². The summed E-state index contributed by atoms with van der Waals surface area (Å²) in [5.41, 5.74) is 0.205. The normalized spacial score (nSPS) is 27.3. The molecule has 1 aromatic carbocycles. The third-order valence-electron chi connectivity index (χ3n) is 7.47. The summed E-state index contributed by atoms with van der Waals surface area (Å²) >= 11 is 0. The number of hydrogen-bond donors (Lipinski definition) is 0. The van der Waals surface area contributed by atoms with Gasteiger partial charge in [-0.2, -0.15) is 5.26 Å². The van der Waals surface area contributed by atoms with Crippen LogP contribution in [0.1, 0.15) is 88.2 Å². The molecule has 0 aromatic heterocycles. The molecule has 2 aliphatic carbocycles. The molecule has 0 heterocycles. The van der Waals surface area contributed by atoms with Crippen molar-refractivity contribution in [3.63, 3.8) is 0 Å². The van der Waals surface area contributed by atoms with Crippen LogP contribution >= 0.6 is 0 Å². The van der Waals surface area contributed by atoms with Crippen LogP contribution in [0.5, 0.6) is 0 Å². The first-order valence-electron chi connectivity index (χ1n) is 11.6. The predicted molar refractivity (Wildman–Crippen MR) is 114 cm³/mol. The average molecular weight is 400 g/mol. The summed E-state index contributed by atoms with van der Waals surface area (Å²) < 4.78 is 27.5. The fourth-order valence-corrected chi connectivity index (χ4v) is 5.52. The van der Waals surface area contributed by atoms with Gasteiger partial charge in [0.2, 0.25) is 0 Å². The number of halogens is 2. The molecule has 2 fully saturated rings. The van der Waals surface area contributed by atoms with Gasteiger partial charge >= 0.3 is 0 Å². The van der Waals surface area contributed by atoms with Crippen molar-refractivity contribution in [3.8, 4) is 6.07 Å². The lowest BCUT2D eigenvalue weighted by Gasteiger charge is -2.32. The number of benzene rings is 1. The standard InChI is InChI=1S/C26H35F2N/c1-2-3-19-4-6-20(7-5-19)8-9-21-10-12-22(13-11-21)14-15-23-16-25(27)24(18-29)26(28)17-23/h2,16-17,19-22H,1,3-15H2. The van der Waals surface area contributed by atoms with Crippen LogP contribution in [0.2, 0.25) is 0 Å². The second kappa shape index (κ2) is 10.9. The van der Waals surface area contributed by atoms with Crippen molar-refractivity contribution in [2.45, 2.75) is 83.5 Å². The first kappa shape index (κ1) is 22.0. The van der Waals surface area contributed by atoms with Gasteiger partial charge in [0.05, 0.1) is 0 Å². The molecule has 158 valence electrons. The second-order valence-corrected chi connectivity index (χ2v) is 9.46. The molecule has 0 saturated heterocycles. The van der Waals surface area contributed by atoms with Gasteiger partial charge < -0.3 is 0 Å². The summed E-state index contributed by atoms with van der Waals surface area (Å²) in [5, 5.41) is 8.78. The summed E-state index contributed by atoms with van der Waals surface area (Å²) in [6, 6.07) is 4.25. The molecule has 3 rings (SSSR count). The van der Waals surface area contributed by atoms with E-state index in [1.165, 1.54) is 82.8 Å². The Kier molecular flexibility index (Phi) is 8.28. The lowest BCUT2D eigenvalue weighted by Crippen LogP contribution is -2.18. The van der Waals surface area contributed by atoms with E-state index in [-0.39, 0.29) is 0 Å². The Morgan fingerprint density at radius 3 is 1.72 bits per heavy atom. The number of allylic oxidation sites excluding steroid dienone is 1. The summed E-state index contributed by atoms with van der Waals surface area (Å²) in [6.45, 7) is 3.88. The highest BCUT2D eigenvalue weighted by atomic mass is 19.1. The molecule has 1 aromatic rings. The minimum Gasteiger partial charge on any atom is -0.205 e. The molecular formula is C26H35F2N. The number of nitrogens with zero attached hydrogens (tertiary/aromatic N) is 1. The fourth-order valence-electron chi connectivity index (χ4n) is 5.52. The summed E-state index contributed by atoms with van der Waals surface area (Å²) in [4.78, 5) is 0. The van der Waals surface area contributed by atoms with E-state index in [1.54, 1.807) is 6.07 Å². The summed E-state index contributed by atoms with van der Waals surface area (Å²) in [7, 11) is 0. The van der Waals surface area contributed by atoms with Crippen LogP contribution in [-0.4, -0.2) is 0 Å². The third kappa shape index (κ3) is 6.39. The Hall–Kier alpha value is -1.69. The molecule has 0 N–H and O–H groups in total. The highest BCUT2D eigenvalue weighted by molar-refractivity contribution is 5.35. The fraction of sp³-hybridized carbons (Fsp3) is 0.654. The predicted octanol–water partition coefficient (Wildman–Crippen LogP) is 7.74. The zero-order valence-corrected chi connectivity index (χ0v) is 17.6. The van der Waals surface area contributed by atoms with Crippen molar-refractivity contribution >= 4 is 0 Å². The monoisotopic (exact) mass is 399 g/mol. The van der Waals surface area contributed by atoms with E-state index in [0.29, 0.717) is 17.9 Å². The van der Waals surface area contributed by atoms with Crippen molar-refractivity contribution < 1.29 is 8.78 Å². The van der Waals surface area contributed by atoms with E-state index in [2.05, 4.69) is 12.7 Å². The maximum absolute atomic E-state index is 13.8. The molecule has 1 nitrogen and oxygen atoms in total. The zero-order chi connectivity index (χ0) is 20.6. The highest BCUT2D eigenvalue weighted by Gasteiger charge is 2.24. The zero-order valence-electron chi connectivity index (χ0n) is 17.6. The van der Waals surface area contributed by atoms with Gasteiger partial charge in [0.15, 0.2) is 0 Å². The SMILES string of the molecule is C=CCC1CCC(CCC2CCC(CCc3cc(F)c(C#N)c(F)c3)CC2)CC1. The molecule has 0 spiro atoms. The number of rotatable bonds is 8. The third-order valence-corrected chi connectivity index (χ3v) is 7.47. The van der Waals surface area contributed by atoms with E-state index < -0.39 is 17.2 Å². The molecule has 0 atom stereocenters. The Morgan fingerprint density at radius 2 is 1.28 bits per heavy atom. The van der Waals surface area contributed by atoms with Gasteiger partial charge in [0.1, 0.15) is 23.3 Å². The van der Waals surface area contributed by atoms with E-state index >= 15 is 0 Å². The second-order valence-electron chi connectivity index (χ2n) is 9.46. The highest BCUT2D eigenvalue weighted by Crippen LogP contribution is 2.38. The maximum atomic E-state index is 13.8. The van der Waals surface area contributed by atoms with Crippen molar-refractivity contribution in [1.82, 2.24) is 0 Å². The minimum atomic E-state index is -0.732. The van der Waals surface area contributed by atoms with Crippen LogP contribution in [0.4, 0.5) is 8.78 Å². The molecule has 0 radical (unpaired) electrons. The van der Waals surface area contributed by atoms with Gasteiger partial charge in [0, 0.05) is 0 Å². The van der Waals surface area contributed by atoms with Crippen molar-refractivity contribution in [3.05, 3.63) is 47.5 Å². The molecule has 0 unspecified atom stereocenters. The van der Waals surface area contributed by atoms with Crippen molar-refractivity contribution in [2.24, 2.45) is 23.7 Å². The first-order valence-corrected chi connectivity index (χ1v) is 11.6. The average Bonchev–Trinajstić information content (AvgIpc) is 2.72. The Bertz CT molecular complexity index is 681. The van der Waals surface area contributed by atoms with Crippen molar-refractivity contribution in [2.75, 3.05) is 0 Å². The van der Waals surface area contributed by atoms with Gasteiger partial charge in [-0.25, -0.2) is 8.78 Å². The van der Waals surface area contributed by atoms with Gasteiger partial charge in [-0.3, -0.25) is 0 Å². The smallest absolute Gasteiger partial charge is 0.144 e. The number of nitriles is 1. The number of hydrogen-bond acceptors (Lipinski definition) is 1. The van der Waals surface area contributed by atoms with Crippen LogP contribution in [0.3, 0.4) is 0 Å². The van der Waals surface area contributed by atoms with E-state index in [1.807, 2.05) is 0 Å². The molecule has 3 heteroatoms.